The molecule has 0 unspecified atom stereocenters. The van der Waals surface area contributed by atoms with E-state index in [0.29, 0.717) is 0 Å². The van der Waals surface area contributed by atoms with E-state index >= 15 is 0 Å². The van der Waals surface area contributed by atoms with Crippen LogP contribution in [0, 0.1) is 0 Å². The molecule has 1 aliphatic heterocycles. The summed E-state index contributed by atoms with van der Waals surface area (Å²) in [6, 6.07) is 0. The molecule has 2 rings (SSSR count). The Morgan fingerprint density at radius 3 is 2.54 bits per heavy atom. The van der Waals surface area contributed by atoms with Crippen LogP contribution in [-0.4, -0.2) is 17.3 Å². The topological polar surface area (TPSA) is 29.5 Å². The van der Waals surface area contributed by atoms with Crippen LogP contribution in [0.5, 0.6) is 0 Å². The van der Waals surface area contributed by atoms with Gasteiger partial charge in [0.05, 0.1) is 6.61 Å². The van der Waals surface area contributed by atoms with Crippen molar-refractivity contribution < 1.29 is 9.84 Å². The van der Waals surface area contributed by atoms with Crippen LogP contribution >= 0.6 is 0 Å². The minimum Gasteiger partial charge on any atom is -0.495 e. The van der Waals surface area contributed by atoms with E-state index in [1.54, 1.807) is 0 Å². The summed E-state index contributed by atoms with van der Waals surface area (Å²) >= 11 is 0. The molecule has 13 heavy (non-hydrogen) atoms. The predicted octanol–water partition coefficient (Wildman–Crippen LogP) is 2.38. The summed E-state index contributed by atoms with van der Waals surface area (Å²) in [7, 11) is 0. The van der Waals surface area contributed by atoms with Gasteiger partial charge in [0, 0.05) is 0 Å². The van der Waals surface area contributed by atoms with Crippen LogP contribution in [0.4, 0.5) is 0 Å². The average molecular weight is 182 g/mol. The van der Waals surface area contributed by atoms with Crippen LogP contribution in [0.2, 0.25) is 0 Å². The monoisotopic (exact) mass is 182 g/mol. The zero-order valence-electron chi connectivity index (χ0n) is 8.09. The molecule has 0 aromatic heterocycles. The highest BCUT2D eigenvalue weighted by Gasteiger charge is 2.35. The van der Waals surface area contributed by atoms with Crippen LogP contribution in [0.1, 0.15) is 44.9 Å². The van der Waals surface area contributed by atoms with Gasteiger partial charge in [-0.3, -0.25) is 0 Å². The van der Waals surface area contributed by atoms with Gasteiger partial charge in [0.15, 0.2) is 0 Å². The molecule has 1 heterocycles. The smallest absolute Gasteiger partial charge is 0.124 e. The first-order valence-corrected chi connectivity index (χ1v) is 5.37. The third-order valence-electron chi connectivity index (χ3n) is 3.08. The van der Waals surface area contributed by atoms with Crippen LogP contribution in [0.3, 0.4) is 0 Å². The summed E-state index contributed by atoms with van der Waals surface area (Å²) in [6.45, 7) is 0.786. The molecule has 1 saturated carbocycles. The highest BCUT2D eigenvalue weighted by atomic mass is 16.5. The molecule has 0 amide bonds. The van der Waals surface area contributed by atoms with Crippen LogP contribution in [0.15, 0.2) is 11.8 Å². The Hall–Kier alpha value is -0.500. The molecule has 2 nitrogen and oxygen atoms in total. The zero-order valence-corrected chi connectivity index (χ0v) is 8.09. The van der Waals surface area contributed by atoms with E-state index < -0.39 is 5.60 Å². The van der Waals surface area contributed by atoms with Gasteiger partial charge < -0.3 is 9.84 Å². The maximum Gasteiger partial charge on any atom is 0.124 e. The van der Waals surface area contributed by atoms with Gasteiger partial charge in [-0.05, 0) is 31.8 Å². The van der Waals surface area contributed by atoms with Gasteiger partial charge >= 0.3 is 0 Å². The van der Waals surface area contributed by atoms with Crippen molar-refractivity contribution in [3.63, 3.8) is 0 Å². The molecular weight excluding hydrogens is 164 g/mol. The van der Waals surface area contributed by atoms with Crippen molar-refractivity contribution in [1.82, 2.24) is 0 Å². The number of ether oxygens (including phenoxy) is 1. The van der Waals surface area contributed by atoms with Crippen molar-refractivity contribution in [2.75, 3.05) is 6.61 Å². The summed E-state index contributed by atoms with van der Waals surface area (Å²) in [4.78, 5) is 0. The Morgan fingerprint density at radius 2 is 1.92 bits per heavy atom. The van der Waals surface area contributed by atoms with Crippen LogP contribution < -0.4 is 0 Å². The Kier molecular flexibility index (Phi) is 2.58. The molecule has 0 aromatic rings. The van der Waals surface area contributed by atoms with Gasteiger partial charge in [-0.25, -0.2) is 0 Å². The SMILES string of the molecule is OC1(C2=CCCCO2)CCCCC1. The van der Waals surface area contributed by atoms with Gasteiger partial charge in [0.1, 0.15) is 11.4 Å². The van der Waals surface area contributed by atoms with Crippen LogP contribution in [0.25, 0.3) is 0 Å². The third-order valence-corrected chi connectivity index (χ3v) is 3.08. The molecule has 0 aromatic carbocycles. The van der Waals surface area contributed by atoms with Crippen molar-refractivity contribution in [2.45, 2.75) is 50.5 Å². The van der Waals surface area contributed by atoms with E-state index in [2.05, 4.69) is 6.08 Å². The molecule has 0 radical (unpaired) electrons. The van der Waals surface area contributed by atoms with Gasteiger partial charge in [-0.2, -0.15) is 0 Å². The fourth-order valence-corrected chi connectivity index (χ4v) is 2.26. The number of hydrogen-bond acceptors (Lipinski definition) is 2. The van der Waals surface area contributed by atoms with Crippen molar-refractivity contribution in [1.29, 1.82) is 0 Å². The number of aliphatic hydroxyl groups is 1. The summed E-state index contributed by atoms with van der Waals surface area (Å²) in [5.41, 5.74) is -0.612. The summed E-state index contributed by atoms with van der Waals surface area (Å²) in [5.74, 6) is 0.860. The highest BCUT2D eigenvalue weighted by Crippen LogP contribution is 2.36. The van der Waals surface area contributed by atoms with Crippen molar-refractivity contribution >= 4 is 0 Å². The normalized spacial score (nSPS) is 27.6. The first-order valence-electron chi connectivity index (χ1n) is 5.37. The van der Waals surface area contributed by atoms with Gasteiger partial charge in [0.2, 0.25) is 0 Å². The molecular formula is C11H18O2. The van der Waals surface area contributed by atoms with Crippen molar-refractivity contribution in [2.24, 2.45) is 0 Å². The van der Waals surface area contributed by atoms with Crippen molar-refractivity contribution in [3.05, 3.63) is 11.8 Å². The molecule has 1 aliphatic carbocycles. The molecule has 0 spiro atoms. The fourth-order valence-electron chi connectivity index (χ4n) is 2.26. The Morgan fingerprint density at radius 1 is 1.15 bits per heavy atom. The van der Waals surface area contributed by atoms with E-state index in [1.165, 1.54) is 6.42 Å². The molecule has 1 N–H and O–H groups in total. The van der Waals surface area contributed by atoms with E-state index in [4.69, 9.17) is 4.74 Å². The van der Waals surface area contributed by atoms with Crippen molar-refractivity contribution in [3.8, 4) is 0 Å². The summed E-state index contributed by atoms with van der Waals surface area (Å²) < 4.78 is 5.53. The number of rotatable bonds is 1. The fraction of sp³-hybridized carbons (Fsp3) is 0.818. The lowest BCUT2D eigenvalue weighted by molar-refractivity contribution is -0.0219. The highest BCUT2D eigenvalue weighted by molar-refractivity contribution is 5.12. The van der Waals surface area contributed by atoms with Crippen LogP contribution in [-0.2, 0) is 4.74 Å². The minimum absolute atomic E-state index is 0.612. The van der Waals surface area contributed by atoms with Gasteiger partial charge in [0.25, 0.3) is 0 Å². The molecule has 1 fully saturated rings. The van der Waals surface area contributed by atoms with E-state index in [0.717, 1.165) is 50.9 Å². The largest absolute Gasteiger partial charge is 0.495 e. The van der Waals surface area contributed by atoms with Gasteiger partial charge in [-0.15, -0.1) is 0 Å². The molecule has 74 valence electrons. The van der Waals surface area contributed by atoms with E-state index in [-0.39, 0.29) is 0 Å². The molecule has 0 atom stereocenters. The number of hydrogen-bond donors (Lipinski definition) is 1. The average Bonchev–Trinajstić information content (AvgIpc) is 2.20. The standard InChI is InChI=1S/C11H18O2/c12-11(7-3-1-4-8-11)10-6-2-5-9-13-10/h6,12H,1-5,7-9H2. The Balaban J connectivity index is 2.07. The maximum atomic E-state index is 10.3. The summed E-state index contributed by atoms with van der Waals surface area (Å²) in [6.07, 6.45) is 9.55. The molecule has 0 bridgehead atoms. The second-order valence-electron chi connectivity index (χ2n) is 4.15. The lowest BCUT2D eigenvalue weighted by atomic mass is 9.82. The first-order chi connectivity index (χ1) is 6.31. The molecule has 2 aliphatic rings. The third kappa shape index (κ3) is 1.88. The van der Waals surface area contributed by atoms with E-state index in [1.807, 2.05) is 0 Å². The Bertz CT molecular complexity index is 202. The second-order valence-corrected chi connectivity index (χ2v) is 4.15. The molecule has 2 heteroatoms. The quantitative estimate of drug-likeness (QED) is 0.674. The first kappa shape index (κ1) is 9.07. The van der Waals surface area contributed by atoms with Gasteiger partial charge in [-0.1, -0.05) is 19.3 Å². The molecule has 0 saturated heterocycles. The minimum atomic E-state index is -0.612. The summed E-state index contributed by atoms with van der Waals surface area (Å²) in [5, 5.41) is 10.3. The second kappa shape index (κ2) is 3.70. The Labute approximate surface area is 79.6 Å². The lowest BCUT2D eigenvalue weighted by Crippen LogP contribution is -2.35. The zero-order chi connectivity index (χ0) is 9.15. The van der Waals surface area contributed by atoms with E-state index in [9.17, 15) is 5.11 Å². The predicted molar refractivity (Wildman–Crippen MR) is 51.3 cm³/mol. The maximum absolute atomic E-state index is 10.3. The number of allylic oxidation sites excluding steroid dienone is 1. The lowest BCUT2D eigenvalue weighted by Gasteiger charge is -2.35.